The number of rotatable bonds is 7. The van der Waals surface area contributed by atoms with Gasteiger partial charge in [-0.2, -0.15) is 0 Å². The van der Waals surface area contributed by atoms with Crippen LogP contribution in [0.15, 0.2) is 53.0 Å². The highest BCUT2D eigenvalue weighted by molar-refractivity contribution is 9.10. The fraction of sp³-hybridized carbons (Fsp3) is 0.250. The fourth-order valence-corrected chi connectivity index (χ4v) is 2.25. The molecule has 0 fully saturated rings. The lowest BCUT2D eigenvalue weighted by Crippen LogP contribution is -2.12. The Morgan fingerprint density at radius 2 is 1.50 bits per heavy atom. The normalized spacial score (nSPS) is 10.3. The van der Waals surface area contributed by atoms with Crippen LogP contribution in [0, 0.1) is 0 Å². The Hall–Kier alpha value is -1.52. The molecule has 0 aliphatic heterocycles. The predicted molar refractivity (Wildman–Crippen MR) is 84.3 cm³/mol. The van der Waals surface area contributed by atoms with Crippen molar-refractivity contribution in [3.05, 3.63) is 58.6 Å². The van der Waals surface area contributed by atoms with Gasteiger partial charge in [0.25, 0.3) is 0 Å². The fourth-order valence-electron chi connectivity index (χ4n) is 1.85. The van der Waals surface area contributed by atoms with Crippen LogP contribution in [0.4, 0.5) is 0 Å². The van der Waals surface area contributed by atoms with Crippen molar-refractivity contribution in [1.29, 1.82) is 0 Å². The van der Waals surface area contributed by atoms with E-state index in [9.17, 15) is 0 Å². The number of nitrogens with one attached hydrogen (secondary N) is 1. The molecule has 0 bridgehead atoms. The molecular weight excluding hydrogens is 318 g/mol. The number of ether oxygens (including phenoxy) is 2. The molecule has 0 heterocycles. The third-order valence-corrected chi connectivity index (χ3v) is 3.43. The molecule has 0 radical (unpaired) electrons. The monoisotopic (exact) mass is 335 g/mol. The molecule has 0 aliphatic rings. The summed E-state index contributed by atoms with van der Waals surface area (Å²) in [5.74, 6) is 1.73. The lowest BCUT2D eigenvalue weighted by atomic mass is 10.2. The summed E-state index contributed by atoms with van der Waals surface area (Å²) in [5.41, 5.74) is 1.15. The number of para-hydroxylation sites is 2. The van der Waals surface area contributed by atoms with Gasteiger partial charge in [0.2, 0.25) is 0 Å². The minimum atomic E-state index is 0.510. The largest absolute Gasteiger partial charge is 0.490 e. The van der Waals surface area contributed by atoms with Gasteiger partial charge in [0.15, 0.2) is 0 Å². The van der Waals surface area contributed by atoms with Crippen LogP contribution in [0.3, 0.4) is 0 Å². The van der Waals surface area contributed by atoms with Gasteiger partial charge < -0.3 is 14.8 Å². The van der Waals surface area contributed by atoms with Crippen LogP contribution in [0.1, 0.15) is 5.56 Å². The van der Waals surface area contributed by atoms with E-state index in [1.807, 2.05) is 49.5 Å². The average molecular weight is 336 g/mol. The van der Waals surface area contributed by atoms with E-state index in [1.165, 1.54) is 0 Å². The van der Waals surface area contributed by atoms with Crippen LogP contribution in [0.2, 0.25) is 0 Å². The van der Waals surface area contributed by atoms with Gasteiger partial charge in [-0.25, -0.2) is 0 Å². The first kappa shape index (κ1) is 14.9. The molecule has 1 N–H and O–H groups in total. The minimum absolute atomic E-state index is 0.510. The van der Waals surface area contributed by atoms with Crippen molar-refractivity contribution < 1.29 is 9.47 Å². The molecule has 2 aromatic rings. The van der Waals surface area contributed by atoms with Gasteiger partial charge in [0.1, 0.15) is 24.7 Å². The Bertz CT molecular complexity index is 546. The van der Waals surface area contributed by atoms with E-state index in [0.29, 0.717) is 13.2 Å². The molecule has 0 saturated heterocycles. The standard InChI is InChI=1S/C16H18BrNO2/c1-18-12-13-6-2-4-8-15(13)19-10-11-20-16-9-5-3-7-14(16)17/h2-9,18H,10-12H2,1H3. The zero-order valence-electron chi connectivity index (χ0n) is 11.4. The van der Waals surface area contributed by atoms with E-state index in [1.54, 1.807) is 0 Å². The molecule has 0 unspecified atom stereocenters. The summed E-state index contributed by atoms with van der Waals surface area (Å²) in [7, 11) is 1.92. The smallest absolute Gasteiger partial charge is 0.133 e. The second-order valence-corrected chi connectivity index (χ2v) is 5.12. The molecule has 0 spiro atoms. The molecule has 0 amide bonds. The Kier molecular flexibility index (Phi) is 5.89. The number of halogens is 1. The van der Waals surface area contributed by atoms with Gasteiger partial charge in [-0.3, -0.25) is 0 Å². The molecule has 0 aliphatic carbocycles. The van der Waals surface area contributed by atoms with E-state index in [4.69, 9.17) is 9.47 Å². The quantitative estimate of drug-likeness (QED) is 0.784. The van der Waals surface area contributed by atoms with Crippen molar-refractivity contribution in [2.24, 2.45) is 0 Å². The van der Waals surface area contributed by atoms with Crippen molar-refractivity contribution in [3.63, 3.8) is 0 Å². The predicted octanol–water partition coefficient (Wildman–Crippen LogP) is 3.63. The lowest BCUT2D eigenvalue weighted by Gasteiger charge is -2.12. The second-order valence-electron chi connectivity index (χ2n) is 4.27. The first-order valence-corrected chi connectivity index (χ1v) is 7.33. The highest BCUT2D eigenvalue weighted by atomic mass is 79.9. The van der Waals surface area contributed by atoms with Crippen molar-refractivity contribution in [3.8, 4) is 11.5 Å². The third-order valence-electron chi connectivity index (χ3n) is 2.77. The van der Waals surface area contributed by atoms with Crippen molar-refractivity contribution in [1.82, 2.24) is 5.32 Å². The SMILES string of the molecule is CNCc1ccccc1OCCOc1ccccc1Br. The first-order valence-electron chi connectivity index (χ1n) is 6.54. The molecule has 0 aromatic heterocycles. The van der Waals surface area contributed by atoms with Crippen LogP contribution in [-0.2, 0) is 6.54 Å². The molecule has 20 heavy (non-hydrogen) atoms. The van der Waals surface area contributed by atoms with Crippen molar-refractivity contribution >= 4 is 15.9 Å². The molecular formula is C16H18BrNO2. The number of benzene rings is 2. The molecule has 0 atom stereocenters. The van der Waals surface area contributed by atoms with Crippen molar-refractivity contribution in [2.45, 2.75) is 6.54 Å². The Labute approximate surface area is 128 Å². The second kappa shape index (κ2) is 7.92. The zero-order chi connectivity index (χ0) is 14.2. The summed E-state index contributed by atoms with van der Waals surface area (Å²) in [6.07, 6.45) is 0. The van der Waals surface area contributed by atoms with E-state index in [2.05, 4.69) is 27.3 Å². The highest BCUT2D eigenvalue weighted by Crippen LogP contribution is 2.23. The molecule has 2 aromatic carbocycles. The van der Waals surface area contributed by atoms with Gasteiger partial charge >= 0.3 is 0 Å². The molecule has 0 saturated carbocycles. The van der Waals surface area contributed by atoms with Gasteiger partial charge in [-0.05, 0) is 41.2 Å². The first-order chi connectivity index (χ1) is 9.81. The summed E-state index contributed by atoms with van der Waals surface area (Å²) in [6.45, 7) is 1.82. The van der Waals surface area contributed by atoms with Gasteiger partial charge in [0.05, 0.1) is 4.47 Å². The summed E-state index contributed by atoms with van der Waals surface area (Å²) in [5, 5.41) is 3.13. The van der Waals surface area contributed by atoms with E-state index >= 15 is 0 Å². The van der Waals surface area contributed by atoms with Crippen molar-refractivity contribution in [2.75, 3.05) is 20.3 Å². The number of hydrogen-bond donors (Lipinski definition) is 1. The minimum Gasteiger partial charge on any atom is -0.490 e. The Balaban J connectivity index is 1.83. The lowest BCUT2D eigenvalue weighted by molar-refractivity contribution is 0.215. The maximum Gasteiger partial charge on any atom is 0.133 e. The summed E-state index contributed by atoms with van der Waals surface area (Å²) >= 11 is 3.45. The molecule has 4 heteroatoms. The molecule has 3 nitrogen and oxygen atoms in total. The van der Waals surface area contributed by atoms with Gasteiger partial charge in [-0.1, -0.05) is 30.3 Å². The average Bonchev–Trinajstić information content (AvgIpc) is 2.47. The third kappa shape index (κ3) is 4.25. The van der Waals surface area contributed by atoms with Gasteiger partial charge in [-0.15, -0.1) is 0 Å². The van der Waals surface area contributed by atoms with E-state index in [0.717, 1.165) is 28.1 Å². The summed E-state index contributed by atoms with van der Waals surface area (Å²) < 4.78 is 12.4. The maximum absolute atomic E-state index is 5.77. The maximum atomic E-state index is 5.77. The van der Waals surface area contributed by atoms with Crippen LogP contribution in [-0.4, -0.2) is 20.3 Å². The van der Waals surface area contributed by atoms with Crippen LogP contribution in [0.5, 0.6) is 11.5 Å². The Morgan fingerprint density at radius 3 is 2.20 bits per heavy atom. The van der Waals surface area contributed by atoms with Crippen LogP contribution in [0.25, 0.3) is 0 Å². The van der Waals surface area contributed by atoms with Crippen LogP contribution >= 0.6 is 15.9 Å². The van der Waals surface area contributed by atoms with E-state index in [-0.39, 0.29) is 0 Å². The number of hydrogen-bond acceptors (Lipinski definition) is 3. The van der Waals surface area contributed by atoms with E-state index < -0.39 is 0 Å². The molecule has 2 rings (SSSR count). The summed E-state index contributed by atoms with van der Waals surface area (Å²) in [4.78, 5) is 0. The van der Waals surface area contributed by atoms with Crippen LogP contribution < -0.4 is 14.8 Å². The summed E-state index contributed by atoms with van der Waals surface area (Å²) in [6, 6.07) is 15.8. The Morgan fingerprint density at radius 1 is 0.900 bits per heavy atom. The highest BCUT2D eigenvalue weighted by Gasteiger charge is 2.03. The van der Waals surface area contributed by atoms with Gasteiger partial charge in [0, 0.05) is 12.1 Å². The zero-order valence-corrected chi connectivity index (χ0v) is 13.0. The topological polar surface area (TPSA) is 30.5 Å². The molecule has 106 valence electrons.